The van der Waals surface area contributed by atoms with Crippen LogP contribution in [-0.4, -0.2) is 94.6 Å². The van der Waals surface area contributed by atoms with E-state index in [9.17, 15) is 12.9 Å². The molecule has 8 fully saturated rings. The number of aryl methyl sites for hydroxylation is 3. The summed E-state index contributed by atoms with van der Waals surface area (Å²) in [5, 5.41) is 0. The van der Waals surface area contributed by atoms with Crippen LogP contribution in [-0.2, 0) is 27.0 Å². The second kappa shape index (κ2) is 60.6. The molecule has 750 valence electrons. The molecule has 9 aliphatic rings. The molecule has 0 bridgehead atoms. The first-order valence-electron chi connectivity index (χ1n) is 50.1. The topological polar surface area (TPSA) is 23.6 Å². The van der Waals surface area contributed by atoms with Crippen LogP contribution < -0.4 is 33.4 Å². The summed E-state index contributed by atoms with van der Waals surface area (Å²) < 4.78 is 40.1. The molecule has 5 aromatic rings. The molecular formula is C112H189BCl4F4LiN4P2Ru2Si2+. The van der Waals surface area contributed by atoms with Crippen LogP contribution in [0.3, 0.4) is 0 Å². The van der Waals surface area contributed by atoms with Gasteiger partial charge in [-0.25, -0.2) is 13.1 Å². The molecule has 20 heteroatoms. The van der Waals surface area contributed by atoms with Crippen LogP contribution >= 0.6 is 54.6 Å². The molecule has 3 aliphatic heterocycles. The van der Waals surface area contributed by atoms with Crippen LogP contribution in [0.5, 0.6) is 0 Å². The molecule has 132 heavy (non-hydrogen) atoms. The number of nitrogens with zero attached hydrogens (tertiary/aromatic N) is 4. The molecule has 0 atom stereocenters. The van der Waals surface area contributed by atoms with E-state index >= 15 is 0 Å². The van der Waals surface area contributed by atoms with Crippen molar-refractivity contribution in [3.8, 4) is 0 Å². The van der Waals surface area contributed by atoms with Crippen LogP contribution in [0.1, 0.15) is 414 Å². The number of rotatable bonds is 16. The maximum atomic E-state index is 9.67. The van der Waals surface area contributed by atoms with Crippen molar-refractivity contribution in [3.05, 3.63) is 184 Å². The first-order chi connectivity index (χ1) is 59.8. The van der Waals surface area contributed by atoms with Gasteiger partial charge in [-0.3, -0.25) is 12.9 Å². The van der Waals surface area contributed by atoms with E-state index in [2.05, 4.69) is 273 Å². The second-order valence-corrected chi connectivity index (χ2v) is 72.9. The Morgan fingerprint density at radius 3 is 0.886 bits per heavy atom. The predicted octanol–water partition coefficient (Wildman–Crippen LogP) is 32.5. The standard InChI is InChI=1S/3C18H28N.2C18H33P.2C7H6.C6H17NSi2.2CH4.BF3.4ClH.FH.Li.2Ru/c3*1-13(2)15-10-8-9-14(3)16(15)19-12-17(4,5)11-18(19,6)7;2*1-4-10-16(11-5-1)19(17-12-6-2-7-13-17)18-14-8-3-9-15-18;2*1-7-5-3-2-4-6-7;1-8(2,3)7-9(4,5)6;;;2-1(3)4;;;;;;;;/h3*8-10,12-13H,11H2,1-7H3;2*16-18H,1-15H2;2*1-6H;1H2,2-6H3;2*1H4;;5*1H;;;/q2*-1;+1;;;;;;;;;;;;;;+1;2*+2/p-3. The minimum atomic E-state index is -3.67. The van der Waals surface area contributed by atoms with Gasteiger partial charge in [0, 0.05) is 75.1 Å². The second-order valence-electron chi connectivity index (χ2n) is 45.7. The fourth-order valence-electron chi connectivity index (χ4n) is 23.6. The van der Waals surface area contributed by atoms with Gasteiger partial charge in [-0.05, 0) is 262 Å². The number of hydrogen-bond donors (Lipinski definition) is 0. The average Bonchev–Trinajstić information content (AvgIpc) is 1.61. The van der Waals surface area contributed by atoms with E-state index in [-0.39, 0.29) is 87.1 Å². The Labute approximate surface area is 854 Å². The molecule has 0 aromatic heterocycles. The first kappa shape index (κ1) is 127. The zero-order chi connectivity index (χ0) is 95.2. The van der Waals surface area contributed by atoms with Crippen molar-refractivity contribution in [1.29, 1.82) is 0 Å². The molecule has 0 amide bonds. The summed E-state index contributed by atoms with van der Waals surface area (Å²) in [7, 11) is 16.4. The van der Waals surface area contributed by atoms with Crippen LogP contribution in [0.25, 0.3) is 4.65 Å². The fraction of sp³-hybridized carbons (Fsp3) is 0.679. The Hall–Kier alpha value is -0.977. The SMILES string of the molecule is C.C.C1CCC([PH+](C2CCCCC2)C2CCCCC2)CC1.C1CCC([PH+](C2CCCCC2)C2CCCCC2)CC1.Cc1cccc(C(C)C)c1N1[CH-]C(C)(C)CC1(C)C.Cc1cccc(C(C)C)c1N1[CH-]C(C)(C)CC1(C)C.Cc1cccc(C(C)C)c1[N+]1=CC(C)(C)CC1(C)C.FB(F)F.[CH2+][Si](C)(C)[N-][Si](C)(C)C.[Cl][Ru]([Cl])=[CH]c1ccccc1.[Cl][Ru]([Cl])=[CH]c1ccccc1.[F-].[Li+]. The van der Waals surface area contributed by atoms with E-state index < -0.39 is 51.1 Å². The molecule has 6 aliphatic carbocycles. The Kier molecular flexibility index (Phi) is 58.3. The molecule has 0 spiro atoms. The van der Waals surface area contributed by atoms with Gasteiger partial charge in [-0.15, -0.1) is 10.8 Å². The molecule has 0 unspecified atom stereocenters. The summed E-state index contributed by atoms with van der Waals surface area (Å²) in [5.41, 5.74) is 23.8. The van der Waals surface area contributed by atoms with Gasteiger partial charge in [-0.2, -0.15) is 4.58 Å². The Morgan fingerprint density at radius 2 is 0.682 bits per heavy atom. The molecule has 3 heterocycles. The maximum absolute atomic E-state index is 9.67. The van der Waals surface area contributed by atoms with Crippen molar-refractivity contribution in [2.45, 2.75) is 473 Å². The molecule has 5 aromatic carbocycles. The maximum Gasteiger partial charge on any atom is 1.00 e. The number of para-hydroxylation sites is 3. The van der Waals surface area contributed by atoms with Crippen molar-refractivity contribution in [2.24, 2.45) is 16.2 Å². The molecule has 6 saturated carbocycles. The van der Waals surface area contributed by atoms with Gasteiger partial charge in [0.05, 0.1) is 34.0 Å². The fourth-order valence-corrected chi connectivity index (χ4v) is 45.0. The van der Waals surface area contributed by atoms with Gasteiger partial charge in [0.15, 0.2) is 20.0 Å². The third-order valence-corrected chi connectivity index (χ3v) is 45.5. The molecule has 4 nitrogen and oxygen atoms in total. The van der Waals surface area contributed by atoms with Gasteiger partial charge in [0.2, 0.25) is 5.69 Å². The van der Waals surface area contributed by atoms with Crippen molar-refractivity contribution >= 4 is 111 Å². The van der Waals surface area contributed by atoms with Gasteiger partial charge in [0.25, 0.3) is 0 Å². The number of benzene rings is 5. The summed E-state index contributed by atoms with van der Waals surface area (Å²) in [5.74, 6) is 1.67. The summed E-state index contributed by atoms with van der Waals surface area (Å²) in [4.78, 5) is 5.05. The largest absolute Gasteiger partial charge is 1.00 e. The van der Waals surface area contributed by atoms with Crippen LogP contribution in [0.15, 0.2) is 115 Å². The van der Waals surface area contributed by atoms with E-state index in [0.29, 0.717) is 17.8 Å². The van der Waals surface area contributed by atoms with E-state index in [1.54, 1.807) is 193 Å². The zero-order valence-electron chi connectivity index (χ0n) is 86.7. The zero-order valence-corrected chi connectivity index (χ0v) is 97.2. The summed E-state index contributed by atoms with van der Waals surface area (Å²) in [6, 6.07) is 39.9. The van der Waals surface area contributed by atoms with Gasteiger partial charge in [-0.1, -0.05) is 232 Å². The third kappa shape index (κ3) is 44.5. The van der Waals surface area contributed by atoms with Gasteiger partial charge in [0.1, 0.15) is 0 Å². The van der Waals surface area contributed by atoms with Crippen molar-refractivity contribution < 1.29 is 68.1 Å². The van der Waals surface area contributed by atoms with Crippen LogP contribution in [0.4, 0.5) is 30.0 Å². The van der Waals surface area contributed by atoms with Gasteiger partial charge >= 0.3 is 173 Å². The third-order valence-electron chi connectivity index (χ3n) is 27.5. The Morgan fingerprint density at radius 1 is 0.424 bits per heavy atom. The minimum Gasteiger partial charge on any atom is -1.00 e. The quantitative estimate of drug-likeness (QED) is 0.0323. The normalized spacial score (nSPS) is 20.2. The monoisotopic (exact) mass is 2150 g/mol. The molecule has 14 rings (SSSR count). The molecule has 0 N–H and O–H groups in total. The van der Waals surface area contributed by atoms with E-state index in [4.69, 9.17) is 43.4 Å². The smallest absolute Gasteiger partial charge is 1.00 e. The summed E-state index contributed by atoms with van der Waals surface area (Å²) >= 11 is -3.23. The minimum absolute atomic E-state index is 0. The van der Waals surface area contributed by atoms with Gasteiger partial charge < -0.3 is 19.2 Å². The predicted molar refractivity (Wildman–Crippen MR) is 589 cm³/mol. The summed E-state index contributed by atoms with van der Waals surface area (Å²) in [6.45, 7) is 68.6. The summed E-state index contributed by atoms with van der Waals surface area (Å²) in [6.07, 6.45) is 53.6. The van der Waals surface area contributed by atoms with E-state index in [0.717, 1.165) is 11.1 Å². The van der Waals surface area contributed by atoms with E-state index in [1.165, 1.54) is 104 Å². The number of halogens is 8. The average molecular weight is 2150 g/mol. The van der Waals surface area contributed by atoms with Crippen molar-refractivity contribution in [3.63, 3.8) is 0 Å². The number of anilines is 2. The molecule has 0 radical (unpaired) electrons. The molecule has 2 saturated heterocycles. The Balaban J connectivity index is 0.000000512. The van der Waals surface area contributed by atoms with Crippen molar-refractivity contribution in [2.75, 3.05) is 9.80 Å². The first-order valence-corrected chi connectivity index (χ1v) is 71.1. The van der Waals surface area contributed by atoms with Crippen LogP contribution in [0.2, 0.25) is 32.7 Å². The van der Waals surface area contributed by atoms with Crippen molar-refractivity contribution in [1.82, 2.24) is 0 Å². The van der Waals surface area contributed by atoms with Crippen LogP contribution in [0, 0.1) is 56.7 Å². The Bertz CT molecular complexity index is 3820. The van der Waals surface area contributed by atoms with E-state index in [1.807, 2.05) is 69.9 Å². The molecular weight excluding hydrogens is 1960 g/mol. The number of hydrogen-bond acceptors (Lipinski definition) is 2.